The van der Waals surface area contributed by atoms with Crippen LogP contribution < -0.4 is 10.6 Å². The average Bonchev–Trinajstić information content (AvgIpc) is 2.45. The summed E-state index contributed by atoms with van der Waals surface area (Å²) in [5.41, 5.74) is -0.0628. The van der Waals surface area contributed by atoms with E-state index in [0.29, 0.717) is 6.54 Å². The van der Waals surface area contributed by atoms with Crippen LogP contribution in [0.2, 0.25) is 0 Å². The molecule has 1 amide bonds. The molecule has 0 radical (unpaired) electrons. The van der Waals surface area contributed by atoms with Crippen LogP contribution in [0.1, 0.15) is 34.1 Å². The Labute approximate surface area is 127 Å². The van der Waals surface area contributed by atoms with Gasteiger partial charge in [0, 0.05) is 25.2 Å². The summed E-state index contributed by atoms with van der Waals surface area (Å²) < 4.78 is 4.79. The zero-order valence-electron chi connectivity index (χ0n) is 13.9. The fraction of sp³-hybridized carbons (Fsp3) is 0.867. The number of esters is 1. The number of hydrogen-bond acceptors (Lipinski definition) is 5. The van der Waals surface area contributed by atoms with Gasteiger partial charge in [-0.2, -0.15) is 0 Å². The summed E-state index contributed by atoms with van der Waals surface area (Å²) in [6.07, 6.45) is 0.805. The van der Waals surface area contributed by atoms with Crippen LogP contribution in [-0.2, 0) is 14.3 Å². The number of carbonyl (C=O) groups excluding carboxylic acids is 2. The van der Waals surface area contributed by atoms with Gasteiger partial charge in [0.1, 0.15) is 6.04 Å². The SMILES string of the molecule is CCC(C)C(NC(=O)CN1CCNCC1(C)C)C(=O)OC. The van der Waals surface area contributed by atoms with Crippen LogP contribution in [-0.4, -0.2) is 61.6 Å². The average molecular weight is 299 g/mol. The van der Waals surface area contributed by atoms with Gasteiger partial charge in [-0.05, 0) is 19.8 Å². The first kappa shape index (κ1) is 17.9. The van der Waals surface area contributed by atoms with Crippen molar-refractivity contribution in [3.63, 3.8) is 0 Å². The molecular weight excluding hydrogens is 270 g/mol. The number of hydrogen-bond donors (Lipinski definition) is 2. The Kier molecular flexibility index (Phi) is 6.61. The number of nitrogens with one attached hydrogen (secondary N) is 2. The minimum absolute atomic E-state index is 0.0532. The predicted molar refractivity (Wildman–Crippen MR) is 81.9 cm³/mol. The van der Waals surface area contributed by atoms with Gasteiger partial charge in [-0.15, -0.1) is 0 Å². The van der Waals surface area contributed by atoms with Crippen LogP contribution in [0.5, 0.6) is 0 Å². The van der Waals surface area contributed by atoms with Crippen molar-refractivity contribution in [2.75, 3.05) is 33.3 Å². The molecule has 1 rings (SSSR count). The summed E-state index contributed by atoms with van der Waals surface area (Å²) in [6.45, 7) is 11.0. The maximum absolute atomic E-state index is 12.3. The fourth-order valence-corrected chi connectivity index (χ4v) is 2.50. The van der Waals surface area contributed by atoms with E-state index < -0.39 is 6.04 Å². The molecule has 0 aromatic carbocycles. The molecule has 1 saturated heterocycles. The third kappa shape index (κ3) is 4.97. The number of carbonyl (C=O) groups is 2. The molecule has 0 spiro atoms. The Morgan fingerprint density at radius 2 is 2.10 bits per heavy atom. The molecular formula is C15H29N3O3. The van der Waals surface area contributed by atoms with Crippen LogP contribution in [0.15, 0.2) is 0 Å². The molecule has 1 aliphatic heterocycles. The lowest BCUT2D eigenvalue weighted by atomic mass is 9.98. The molecule has 0 aliphatic carbocycles. The van der Waals surface area contributed by atoms with Crippen molar-refractivity contribution < 1.29 is 14.3 Å². The van der Waals surface area contributed by atoms with Crippen LogP contribution >= 0.6 is 0 Å². The molecule has 122 valence electrons. The Balaban J connectivity index is 2.63. The minimum atomic E-state index is -0.571. The zero-order chi connectivity index (χ0) is 16.0. The van der Waals surface area contributed by atoms with Crippen LogP contribution in [0, 0.1) is 5.92 Å². The summed E-state index contributed by atoms with van der Waals surface area (Å²) in [5, 5.41) is 6.15. The van der Waals surface area contributed by atoms with E-state index >= 15 is 0 Å². The number of nitrogens with zero attached hydrogens (tertiary/aromatic N) is 1. The van der Waals surface area contributed by atoms with Crippen molar-refractivity contribution in [3.8, 4) is 0 Å². The van der Waals surface area contributed by atoms with Gasteiger partial charge in [-0.25, -0.2) is 4.79 Å². The van der Waals surface area contributed by atoms with E-state index in [9.17, 15) is 9.59 Å². The largest absolute Gasteiger partial charge is 0.467 e. The Hall–Kier alpha value is -1.14. The minimum Gasteiger partial charge on any atom is -0.467 e. The molecule has 2 atom stereocenters. The zero-order valence-corrected chi connectivity index (χ0v) is 13.9. The van der Waals surface area contributed by atoms with Gasteiger partial charge in [0.05, 0.1) is 13.7 Å². The summed E-state index contributed by atoms with van der Waals surface area (Å²) >= 11 is 0. The predicted octanol–water partition coefficient (Wildman–Crippen LogP) is 0.374. The number of rotatable bonds is 6. The molecule has 1 fully saturated rings. The number of ether oxygens (including phenoxy) is 1. The molecule has 1 aliphatic rings. The molecule has 0 saturated carbocycles. The molecule has 21 heavy (non-hydrogen) atoms. The molecule has 6 heteroatoms. The quantitative estimate of drug-likeness (QED) is 0.694. The summed E-state index contributed by atoms with van der Waals surface area (Å²) in [4.78, 5) is 26.2. The monoisotopic (exact) mass is 299 g/mol. The van der Waals surface area contributed by atoms with Crippen molar-refractivity contribution >= 4 is 11.9 Å². The highest BCUT2D eigenvalue weighted by Gasteiger charge is 2.32. The van der Waals surface area contributed by atoms with Crippen molar-refractivity contribution in [3.05, 3.63) is 0 Å². The highest BCUT2D eigenvalue weighted by Crippen LogP contribution is 2.16. The van der Waals surface area contributed by atoms with Gasteiger partial charge in [0.15, 0.2) is 0 Å². The topological polar surface area (TPSA) is 70.7 Å². The smallest absolute Gasteiger partial charge is 0.328 e. The van der Waals surface area contributed by atoms with Gasteiger partial charge in [0.2, 0.25) is 5.91 Å². The lowest BCUT2D eigenvalue weighted by molar-refractivity contribution is -0.147. The van der Waals surface area contributed by atoms with E-state index in [1.165, 1.54) is 7.11 Å². The van der Waals surface area contributed by atoms with E-state index in [4.69, 9.17) is 4.74 Å². The first-order valence-corrected chi connectivity index (χ1v) is 7.64. The molecule has 0 bridgehead atoms. The van der Waals surface area contributed by atoms with Crippen molar-refractivity contribution in [2.45, 2.75) is 45.7 Å². The summed E-state index contributed by atoms with van der Waals surface area (Å²) in [6, 6.07) is -0.571. The van der Waals surface area contributed by atoms with Gasteiger partial charge < -0.3 is 15.4 Å². The molecule has 2 unspecified atom stereocenters. The normalized spacial score (nSPS) is 21.4. The van der Waals surface area contributed by atoms with Crippen LogP contribution in [0.3, 0.4) is 0 Å². The highest BCUT2D eigenvalue weighted by atomic mass is 16.5. The standard InChI is InChI=1S/C15H29N3O3/c1-6-11(2)13(14(20)21-5)17-12(19)9-18-8-7-16-10-15(18,3)4/h11,13,16H,6-10H2,1-5H3,(H,17,19). The number of piperazine rings is 1. The van der Waals surface area contributed by atoms with E-state index in [1.807, 2.05) is 13.8 Å². The summed E-state index contributed by atoms with van der Waals surface area (Å²) in [7, 11) is 1.35. The Morgan fingerprint density at radius 3 is 2.62 bits per heavy atom. The van der Waals surface area contributed by atoms with E-state index in [0.717, 1.165) is 26.1 Å². The third-order valence-electron chi connectivity index (χ3n) is 4.29. The maximum Gasteiger partial charge on any atom is 0.328 e. The van der Waals surface area contributed by atoms with E-state index in [-0.39, 0.29) is 23.3 Å². The van der Waals surface area contributed by atoms with Gasteiger partial charge in [0.25, 0.3) is 0 Å². The second-order valence-corrected chi connectivity index (χ2v) is 6.36. The summed E-state index contributed by atoms with van der Waals surface area (Å²) in [5.74, 6) is -0.449. The van der Waals surface area contributed by atoms with Crippen LogP contribution in [0.25, 0.3) is 0 Å². The third-order valence-corrected chi connectivity index (χ3v) is 4.29. The first-order valence-electron chi connectivity index (χ1n) is 7.64. The van der Waals surface area contributed by atoms with Crippen molar-refractivity contribution in [1.29, 1.82) is 0 Å². The fourth-order valence-electron chi connectivity index (χ4n) is 2.50. The van der Waals surface area contributed by atoms with Gasteiger partial charge >= 0.3 is 5.97 Å². The van der Waals surface area contributed by atoms with Crippen molar-refractivity contribution in [2.24, 2.45) is 5.92 Å². The highest BCUT2D eigenvalue weighted by molar-refractivity contribution is 5.85. The van der Waals surface area contributed by atoms with Gasteiger partial charge in [-0.3, -0.25) is 9.69 Å². The molecule has 2 N–H and O–H groups in total. The van der Waals surface area contributed by atoms with Crippen molar-refractivity contribution in [1.82, 2.24) is 15.5 Å². The first-order chi connectivity index (χ1) is 9.81. The number of amides is 1. The molecule has 1 heterocycles. The Morgan fingerprint density at radius 1 is 1.43 bits per heavy atom. The van der Waals surface area contributed by atoms with Crippen LogP contribution in [0.4, 0.5) is 0 Å². The second kappa shape index (κ2) is 7.75. The maximum atomic E-state index is 12.3. The lowest BCUT2D eigenvalue weighted by Gasteiger charge is -2.42. The number of methoxy groups -OCH3 is 1. The lowest BCUT2D eigenvalue weighted by Crippen LogP contribution is -2.60. The van der Waals surface area contributed by atoms with E-state index in [1.54, 1.807) is 0 Å². The molecule has 0 aromatic heterocycles. The van der Waals surface area contributed by atoms with Gasteiger partial charge in [-0.1, -0.05) is 20.3 Å². The molecule has 0 aromatic rings. The second-order valence-electron chi connectivity index (χ2n) is 6.36. The molecule has 6 nitrogen and oxygen atoms in total. The van der Waals surface area contributed by atoms with E-state index in [2.05, 4.69) is 29.4 Å². The Bertz CT molecular complexity index is 371.